The van der Waals surface area contributed by atoms with Crippen molar-refractivity contribution < 1.29 is 24.2 Å². The van der Waals surface area contributed by atoms with Gasteiger partial charge in [-0.2, -0.15) is 0 Å². The fraction of sp³-hybridized carbons (Fsp3) is 0.867. The van der Waals surface area contributed by atoms with E-state index in [2.05, 4.69) is 0 Å². The topological polar surface area (TPSA) is 72.8 Å². The number of carbonyl (C=O) groups excluding carboxylic acids is 2. The van der Waals surface area contributed by atoms with E-state index >= 15 is 0 Å². The summed E-state index contributed by atoms with van der Waals surface area (Å²) < 4.78 is 10.8. The number of fused-ring (bicyclic) bond motifs is 1. The largest absolute Gasteiger partial charge is 0.465 e. The standard InChI is InChI=1S/C15H22O5/c1-2-6-19-14(17)11-9-7-10-12(11)15(18)20-13(10)8(9)4-3-5-16/h8-13,16H,2-7H2,1H3. The summed E-state index contributed by atoms with van der Waals surface area (Å²) in [6, 6.07) is 0. The Bertz CT molecular complexity index is 407. The molecule has 0 spiro atoms. The highest BCUT2D eigenvalue weighted by Crippen LogP contribution is 2.61. The monoisotopic (exact) mass is 282 g/mol. The molecule has 3 fully saturated rings. The van der Waals surface area contributed by atoms with Crippen molar-refractivity contribution in [1.82, 2.24) is 0 Å². The summed E-state index contributed by atoms with van der Waals surface area (Å²) in [5.74, 6) is -0.439. The third-order valence-corrected chi connectivity index (χ3v) is 5.19. The number of hydrogen-bond acceptors (Lipinski definition) is 5. The summed E-state index contributed by atoms with van der Waals surface area (Å²) in [4.78, 5) is 24.3. The van der Waals surface area contributed by atoms with Gasteiger partial charge in [-0.25, -0.2) is 0 Å². The molecule has 2 bridgehead atoms. The molecule has 20 heavy (non-hydrogen) atoms. The molecule has 3 rings (SSSR count). The first-order valence-corrected chi connectivity index (χ1v) is 7.67. The van der Waals surface area contributed by atoms with Crippen molar-refractivity contribution in [1.29, 1.82) is 0 Å². The van der Waals surface area contributed by atoms with E-state index in [9.17, 15) is 9.59 Å². The Balaban J connectivity index is 1.77. The summed E-state index contributed by atoms with van der Waals surface area (Å²) in [5.41, 5.74) is 0. The van der Waals surface area contributed by atoms with E-state index in [4.69, 9.17) is 14.6 Å². The molecule has 5 heteroatoms. The summed E-state index contributed by atoms with van der Waals surface area (Å²) in [6.07, 6.45) is 3.17. The van der Waals surface area contributed by atoms with E-state index in [-0.39, 0.29) is 54.2 Å². The minimum atomic E-state index is -0.318. The minimum absolute atomic E-state index is 0.0284. The van der Waals surface area contributed by atoms with E-state index in [1.54, 1.807) is 0 Å². The second-order valence-corrected chi connectivity index (χ2v) is 6.21. The van der Waals surface area contributed by atoms with E-state index in [1.807, 2.05) is 6.92 Å². The normalized spacial score (nSPS) is 41.0. The van der Waals surface area contributed by atoms with Crippen LogP contribution in [0, 0.1) is 29.6 Å². The maximum Gasteiger partial charge on any atom is 0.310 e. The van der Waals surface area contributed by atoms with Gasteiger partial charge in [-0.15, -0.1) is 0 Å². The molecule has 2 saturated carbocycles. The van der Waals surface area contributed by atoms with Gasteiger partial charge in [0.05, 0.1) is 18.4 Å². The molecule has 0 radical (unpaired) electrons. The van der Waals surface area contributed by atoms with Gasteiger partial charge in [0, 0.05) is 18.4 Å². The molecule has 0 aromatic rings. The molecule has 6 atom stereocenters. The van der Waals surface area contributed by atoms with Gasteiger partial charge in [0.2, 0.25) is 0 Å². The van der Waals surface area contributed by atoms with Crippen LogP contribution < -0.4 is 0 Å². The van der Waals surface area contributed by atoms with Crippen molar-refractivity contribution in [2.45, 2.75) is 38.7 Å². The Morgan fingerprint density at radius 3 is 2.95 bits per heavy atom. The maximum absolute atomic E-state index is 12.3. The lowest BCUT2D eigenvalue weighted by Crippen LogP contribution is -2.38. The lowest BCUT2D eigenvalue weighted by atomic mass is 9.73. The highest BCUT2D eigenvalue weighted by Gasteiger charge is 2.68. The molecule has 3 aliphatic rings. The summed E-state index contributed by atoms with van der Waals surface area (Å²) in [5, 5.41) is 9.01. The van der Waals surface area contributed by atoms with Gasteiger partial charge in [-0.1, -0.05) is 6.92 Å². The van der Waals surface area contributed by atoms with Crippen molar-refractivity contribution in [2.24, 2.45) is 29.6 Å². The highest BCUT2D eigenvalue weighted by atomic mass is 16.6. The van der Waals surface area contributed by atoms with E-state index in [1.165, 1.54) is 0 Å². The third-order valence-electron chi connectivity index (χ3n) is 5.19. The van der Waals surface area contributed by atoms with E-state index < -0.39 is 0 Å². The van der Waals surface area contributed by atoms with Gasteiger partial charge in [-0.05, 0) is 31.6 Å². The molecule has 0 aromatic carbocycles. The van der Waals surface area contributed by atoms with Crippen LogP contribution in [0.1, 0.15) is 32.6 Å². The Kier molecular flexibility index (Phi) is 3.71. The summed E-state index contributed by atoms with van der Waals surface area (Å²) in [7, 11) is 0. The van der Waals surface area contributed by atoms with Crippen LogP contribution in [-0.4, -0.2) is 36.4 Å². The number of ether oxygens (including phenoxy) is 2. The number of aliphatic hydroxyl groups is 1. The first-order chi connectivity index (χ1) is 9.69. The molecule has 112 valence electrons. The molecule has 1 N–H and O–H groups in total. The van der Waals surface area contributed by atoms with Crippen LogP contribution in [0.15, 0.2) is 0 Å². The zero-order valence-electron chi connectivity index (χ0n) is 11.8. The smallest absolute Gasteiger partial charge is 0.310 e. The van der Waals surface area contributed by atoms with Crippen molar-refractivity contribution in [3.05, 3.63) is 0 Å². The van der Waals surface area contributed by atoms with Crippen LogP contribution in [0.25, 0.3) is 0 Å². The lowest BCUT2D eigenvalue weighted by molar-refractivity contribution is -0.156. The molecule has 0 aromatic heterocycles. The first kappa shape index (κ1) is 13.9. The van der Waals surface area contributed by atoms with Gasteiger partial charge < -0.3 is 14.6 Å². The number of carbonyl (C=O) groups is 2. The van der Waals surface area contributed by atoms with Crippen molar-refractivity contribution in [3.63, 3.8) is 0 Å². The minimum Gasteiger partial charge on any atom is -0.465 e. The molecule has 2 aliphatic carbocycles. The van der Waals surface area contributed by atoms with Crippen LogP contribution in [0.3, 0.4) is 0 Å². The lowest BCUT2D eigenvalue weighted by Gasteiger charge is -2.30. The van der Waals surface area contributed by atoms with Gasteiger partial charge in [0.25, 0.3) is 0 Å². The molecule has 1 aliphatic heterocycles. The molecular weight excluding hydrogens is 260 g/mol. The van der Waals surface area contributed by atoms with Crippen molar-refractivity contribution >= 4 is 11.9 Å². The predicted molar refractivity (Wildman–Crippen MR) is 69.5 cm³/mol. The Hall–Kier alpha value is -1.10. The zero-order valence-corrected chi connectivity index (χ0v) is 11.8. The molecule has 1 saturated heterocycles. The summed E-state index contributed by atoms with van der Waals surface area (Å²) >= 11 is 0. The second kappa shape index (κ2) is 5.35. The quantitative estimate of drug-likeness (QED) is 0.739. The number of rotatable bonds is 6. The van der Waals surface area contributed by atoms with Gasteiger partial charge in [0.15, 0.2) is 0 Å². The predicted octanol–water partition coefficient (Wildman–Crippen LogP) is 1.14. The number of hydrogen-bond donors (Lipinski definition) is 1. The average molecular weight is 282 g/mol. The zero-order chi connectivity index (χ0) is 14.3. The highest BCUT2D eigenvalue weighted by molar-refractivity contribution is 5.86. The third kappa shape index (κ3) is 1.94. The molecule has 5 nitrogen and oxygen atoms in total. The van der Waals surface area contributed by atoms with Gasteiger partial charge in [0.1, 0.15) is 6.10 Å². The molecule has 1 heterocycles. The Morgan fingerprint density at radius 1 is 1.45 bits per heavy atom. The summed E-state index contributed by atoms with van der Waals surface area (Å²) in [6.45, 7) is 2.51. The van der Waals surface area contributed by atoms with Crippen LogP contribution >= 0.6 is 0 Å². The van der Waals surface area contributed by atoms with Gasteiger partial charge >= 0.3 is 11.9 Å². The second-order valence-electron chi connectivity index (χ2n) is 6.21. The van der Waals surface area contributed by atoms with Crippen LogP contribution in [0.5, 0.6) is 0 Å². The van der Waals surface area contributed by atoms with Crippen molar-refractivity contribution in [2.75, 3.05) is 13.2 Å². The molecule has 0 amide bonds. The van der Waals surface area contributed by atoms with E-state index in [0.29, 0.717) is 13.0 Å². The van der Waals surface area contributed by atoms with Crippen LogP contribution in [-0.2, 0) is 19.1 Å². The number of aliphatic hydroxyl groups excluding tert-OH is 1. The number of esters is 2. The SMILES string of the molecule is CCCOC(=O)C1C2CC3C(OC(=O)C31)C2CCCO. The van der Waals surface area contributed by atoms with Gasteiger partial charge in [-0.3, -0.25) is 9.59 Å². The Morgan fingerprint density at radius 2 is 2.25 bits per heavy atom. The molecular formula is C15H22O5. The van der Waals surface area contributed by atoms with Crippen LogP contribution in [0.4, 0.5) is 0 Å². The average Bonchev–Trinajstić information content (AvgIpc) is 3.04. The first-order valence-electron chi connectivity index (χ1n) is 7.67. The molecule has 6 unspecified atom stereocenters. The fourth-order valence-electron chi connectivity index (χ4n) is 4.52. The Labute approximate surface area is 118 Å². The van der Waals surface area contributed by atoms with Crippen LogP contribution in [0.2, 0.25) is 0 Å². The van der Waals surface area contributed by atoms with E-state index in [0.717, 1.165) is 19.3 Å². The van der Waals surface area contributed by atoms with Crippen molar-refractivity contribution in [3.8, 4) is 0 Å². The fourth-order valence-corrected chi connectivity index (χ4v) is 4.52. The maximum atomic E-state index is 12.3.